The molecule has 4 nitrogen and oxygen atoms in total. The summed E-state index contributed by atoms with van der Waals surface area (Å²) in [5, 5.41) is 6.90. The summed E-state index contributed by atoms with van der Waals surface area (Å²) in [5.74, 6) is 0. The molecule has 2 aliphatic carbocycles. The van der Waals surface area contributed by atoms with Gasteiger partial charge in [-0.3, -0.25) is 4.57 Å². The van der Waals surface area contributed by atoms with Gasteiger partial charge in [0, 0.05) is 12.1 Å². The molecule has 0 aromatic carbocycles. The Labute approximate surface area is 118 Å². The van der Waals surface area contributed by atoms with E-state index in [9.17, 15) is 4.57 Å². The quantitative estimate of drug-likeness (QED) is 0.760. The molecule has 2 saturated carbocycles. The van der Waals surface area contributed by atoms with Crippen molar-refractivity contribution in [1.29, 1.82) is 0 Å². The fourth-order valence-electron chi connectivity index (χ4n) is 3.23. The van der Waals surface area contributed by atoms with Gasteiger partial charge in [-0.2, -0.15) is 0 Å². The van der Waals surface area contributed by atoms with Crippen molar-refractivity contribution < 1.29 is 4.57 Å². The molecular formula is C14H30N3OP. The third-order valence-corrected chi connectivity index (χ3v) is 7.05. The molecule has 0 spiro atoms. The van der Waals surface area contributed by atoms with Crippen molar-refractivity contribution in [2.24, 2.45) is 0 Å². The highest BCUT2D eigenvalue weighted by Crippen LogP contribution is 2.42. The maximum absolute atomic E-state index is 13.2. The molecule has 2 aliphatic rings. The summed E-state index contributed by atoms with van der Waals surface area (Å²) in [6.45, 7) is 0. The molecule has 0 unspecified atom stereocenters. The lowest BCUT2D eigenvalue weighted by Gasteiger charge is -2.36. The van der Waals surface area contributed by atoms with Crippen LogP contribution >= 0.6 is 7.59 Å². The first-order valence-electron chi connectivity index (χ1n) is 7.93. The van der Waals surface area contributed by atoms with E-state index in [-0.39, 0.29) is 0 Å². The summed E-state index contributed by atoms with van der Waals surface area (Å²) in [4.78, 5) is 0. The Morgan fingerprint density at radius 1 is 0.789 bits per heavy atom. The summed E-state index contributed by atoms with van der Waals surface area (Å²) >= 11 is 0. The van der Waals surface area contributed by atoms with Crippen LogP contribution in [0, 0.1) is 0 Å². The number of hydrogen-bond donors (Lipinski definition) is 2. The predicted molar refractivity (Wildman–Crippen MR) is 81.3 cm³/mol. The zero-order valence-electron chi connectivity index (χ0n) is 12.5. The number of hydrogen-bond acceptors (Lipinski definition) is 1. The highest BCUT2D eigenvalue weighted by atomic mass is 31.2. The van der Waals surface area contributed by atoms with E-state index in [2.05, 4.69) is 10.2 Å². The van der Waals surface area contributed by atoms with Crippen LogP contribution in [0.2, 0.25) is 0 Å². The lowest BCUT2D eigenvalue weighted by Crippen LogP contribution is -2.42. The van der Waals surface area contributed by atoms with Crippen LogP contribution in [0.4, 0.5) is 0 Å². The van der Waals surface area contributed by atoms with E-state index >= 15 is 0 Å². The molecule has 19 heavy (non-hydrogen) atoms. The van der Waals surface area contributed by atoms with Crippen LogP contribution in [0.5, 0.6) is 0 Å². The van der Waals surface area contributed by atoms with Crippen LogP contribution < -0.4 is 10.2 Å². The van der Waals surface area contributed by atoms with Crippen molar-refractivity contribution in [3.63, 3.8) is 0 Å². The van der Waals surface area contributed by atoms with Gasteiger partial charge in [-0.15, -0.1) is 0 Å². The Hall–Kier alpha value is 0.110. The number of nitrogens with zero attached hydrogens (tertiary/aromatic N) is 1. The van der Waals surface area contributed by atoms with Gasteiger partial charge in [0.25, 0.3) is 7.59 Å². The molecule has 0 saturated heterocycles. The molecule has 0 bridgehead atoms. The molecule has 0 heterocycles. The number of rotatable bonds is 5. The van der Waals surface area contributed by atoms with Crippen LogP contribution in [-0.2, 0) is 4.57 Å². The van der Waals surface area contributed by atoms with E-state index < -0.39 is 7.59 Å². The van der Waals surface area contributed by atoms with E-state index in [4.69, 9.17) is 0 Å². The first-order valence-corrected chi connectivity index (χ1v) is 9.59. The summed E-state index contributed by atoms with van der Waals surface area (Å²) in [7, 11) is 1.25. The van der Waals surface area contributed by atoms with E-state index in [1.165, 1.54) is 64.2 Å². The highest BCUT2D eigenvalue weighted by molar-refractivity contribution is 7.57. The lowest BCUT2D eigenvalue weighted by atomic mass is 9.96. The monoisotopic (exact) mass is 287 g/mol. The topological polar surface area (TPSA) is 44.4 Å². The van der Waals surface area contributed by atoms with Crippen LogP contribution in [0.15, 0.2) is 0 Å². The van der Waals surface area contributed by atoms with Gasteiger partial charge in [-0.1, -0.05) is 38.5 Å². The predicted octanol–water partition coefficient (Wildman–Crippen LogP) is 3.50. The van der Waals surface area contributed by atoms with Crippen molar-refractivity contribution in [3.8, 4) is 0 Å². The van der Waals surface area contributed by atoms with Gasteiger partial charge < -0.3 is 0 Å². The molecule has 2 fully saturated rings. The van der Waals surface area contributed by atoms with Crippen molar-refractivity contribution >= 4 is 7.59 Å². The largest absolute Gasteiger partial charge is 0.281 e. The zero-order chi connectivity index (χ0) is 13.7. The minimum Gasteiger partial charge on any atom is -0.271 e. The summed E-state index contributed by atoms with van der Waals surface area (Å²) in [6.07, 6.45) is 12.4. The average Bonchev–Trinajstić information content (AvgIpc) is 2.40. The van der Waals surface area contributed by atoms with Crippen LogP contribution in [0.25, 0.3) is 0 Å². The van der Waals surface area contributed by atoms with Crippen molar-refractivity contribution in [2.45, 2.75) is 76.3 Å². The van der Waals surface area contributed by atoms with E-state index in [1.807, 2.05) is 18.8 Å². The van der Waals surface area contributed by atoms with Crippen LogP contribution in [-0.4, -0.2) is 30.8 Å². The summed E-state index contributed by atoms with van der Waals surface area (Å²) in [5.41, 5.74) is 0. The Kier molecular flexibility index (Phi) is 5.88. The second-order valence-corrected chi connectivity index (χ2v) is 8.82. The molecule has 112 valence electrons. The molecule has 0 aromatic heterocycles. The number of nitrogens with one attached hydrogen (secondary N) is 2. The van der Waals surface area contributed by atoms with Gasteiger partial charge in [0.05, 0.1) is 0 Å². The third kappa shape index (κ3) is 4.56. The molecule has 0 aliphatic heterocycles. The molecule has 0 aromatic rings. The molecule has 5 heteroatoms. The Balaban J connectivity index is 1.93. The molecule has 2 N–H and O–H groups in total. The zero-order valence-corrected chi connectivity index (χ0v) is 13.4. The van der Waals surface area contributed by atoms with Gasteiger partial charge in [0.2, 0.25) is 0 Å². The minimum atomic E-state index is -2.59. The van der Waals surface area contributed by atoms with Crippen molar-refractivity contribution in [2.75, 3.05) is 14.1 Å². The molecular weight excluding hydrogens is 257 g/mol. The lowest BCUT2D eigenvalue weighted by molar-refractivity contribution is 0.370. The molecule has 0 amide bonds. The van der Waals surface area contributed by atoms with Gasteiger partial charge in [0.15, 0.2) is 0 Å². The van der Waals surface area contributed by atoms with Gasteiger partial charge >= 0.3 is 0 Å². The van der Waals surface area contributed by atoms with Gasteiger partial charge in [-0.05, 0) is 39.8 Å². The van der Waals surface area contributed by atoms with Crippen LogP contribution in [0.3, 0.4) is 0 Å². The second kappa shape index (κ2) is 7.21. The summed E-state index contributed by atoms with van der Waals surface area (Å²) < 4.78 is 15.0. The average molecular weight is 287 g/mol. The van der Waals surface area contributed by atoms with E-state index in [1.54, 1.807) is 0 Å². The smallest absolute Gasteiger partial charge is 0.271 e. The van der Waals surface area contributed by atoms with E-state index in [0.717, 1.165) is 0 Å². The third-order valence-electron chi connectivity index (χ3n) is 4.49. The SMILES string of the molecule is CN(C)P(=O)(NC1CCCCC1)NC1CCCCC1. The Morgan fingerprint density at radius 2 is 1.16 bits per heavy atom. The van der Waals surface area contributed by atoms with Crippen molar-refractivity contribution in [1.82, 2.24) is 14.8 Å². The van der Waals surface area contributed by atoms with E-state index in [0.29, 0.717) is 12.1 Å². The fraction of sp³-hybridized carbons (Fsp3) is 1.00. The molecule has 2 rings (SSSR count). The van der Waals surface area contributed by atoms with Crippen molar-refractivity contribution in [3.05, 3.63) is 0 Å². The standard InChI is InChI=1S/C14H30N3OP/c1-17(2)19(18,15-13-9-5-3-6-10-13)16-14-11-7-4-8-12-14/h13-14H,3-12H2,1-2H3,(H2,15,16,18). The molecule has 0 radical (unpaired) electrons. The Bertz CT molecular complexity index is 286. The first kappa shape index (κ1) is 15.5. The van der Waals surface area contributed by atoms with Crippen LogP contribution in [0.1, 0.15) is 64.2 Å². The minimum absolute atomic E-state index is 0.429. The second-order valence-electron chi connectivity index (χ2n) is 6.35. The maximum atomic E-state index is 13.2. The maximum Gasteiger partial charge on any atom is 0.281 e. The highest BCUT2D eigenvalue weighted by Gasteiger charge is 2.31. The normalized spacial score (nSPS) is 23.9. The van der Waals surface area contributed by atoms with Gasteiger partial charge in [0.1, 0.15) is 0 Å². The van der Waals surface area contributed by atoms with Gasteiger partial charge in [-0.25, -0.2) is 14.8 Å². The molecule has 0 atom stereocenters. The first-order chi connectivity index (χ1) is 9.10. The summed E-state index contributed by atoms with van der Waals surface area (Å²) in [6, 6.07) is 0.858. The fourth-order valence-corrected chi connectivity index (χ4v) is 5.27. The Morgan fingerprint density at radius 3 is 1.47 bits per heavy atom.